The number of hydrogen-bond acceptors (Lipinski definition) is 3. The number of hydrogen-bond donors (Lipinski definition) is 0. The van der Waals surface area contributed by atoms with Crippen LogP contribution in [0.1, 0.15) is 58.8 Å². The van der Waals surface area contributed by atoms with Crippen molar-refractivity contribution >= 4 is 57.7 Å². The van der Waals surface area contributed by atoms with E-state index in [2.05, 4.69) is 67.7 Å². The third-order valence-corrected chi connectivity index (χ3v) is 15.8. The van der Waals surface area contributed by atoms with E-state index < -0.39 is 26.5 Å². The Labute approximate surface area is 200 Å². The highest BCUT2D eigenvalue weighted by molar-refractivity contribution is 6.75. The summed E-state index contributed by atoms with van der Waals surface area (Å²) in [5.41, 5.74) is 1.47. The van der Waals surface area contributed by atoms with Crippen LogP contribution in [0.3, 0.4) is 0 Å². The van der Waals surface area contributed by atoms with E-state index in [0.29, 0.717) is 11.3 Å². The maximum absolute atomic E-state index is 11.4. The van der Waals surface area contributed by atoms with Gasteiger partial charge in [0.1, 0.15) is 18.1 Å². The van der Waals surface area contributed by atoms with E-state index in [9.17, 15) is 4.79 Å². The minimum atomic E-state index is -2.28. The summed E-state index contributed by atoms with van der Waals surface area (Å²) in [5.74, 6) is 0.617. The second kappa shape index (κ2) is 9.44. The summed E-state index contributed by atoms with van der Waals surface area (Å²) in [4.78, 5) is 11.4. The summed E-state index contributed by atoms with van der Waals surface area (Å²) in [6, 6.07) is 5.64. The van der Waals surface area contributed by atoms with E-state index in [1.807, 2.05) is 18.2 Å². The first-order chi connectivity index (χ1) is 13.2. The molecule has 0 aliphatic heterocycles. The van der Waals surface area contributed by atoms with Crippen molar-refractivity contribution in [1.29, 1.82) is 0 Å². The molecule has 0 radical (unpaired) electrons. The van der Waals surface area contributed by atoms with Gasteiger partial charge in [-0.15, -0.1) is 0 Å². The monoisotopic (exact) mass is 510 g/mol. The van der Waals surface area contributed by atoms with Gasteiger partial charge >= 0.3 is 0 Å². The molecule has 3 nitrogen and oxygen atoms in total. The molecule has 1 rings (SSSR count). The number of rotatable bonds is 7. The highest BCUT2D eigenvalue weighted by Gasteiger charge is 2.47. The van der Waals surface area contributed by atoms with Crippen molar-refractivity contribution in [2.75, 3.05) is 0 Å². The molecule has 0 aliphatic rings. The maximum Gasteiger partial charge on any atom is 0.250 e. The molecule has 0 heterocycles. The predicted molar refractivity (Wildman–Crippen MR) is 135 cm³/mol. The normalized spacial score (nSPS) is 15.1. The Balaban J connectivity index is 3.69. The Morgan fingerprint density at radius 3 is 1.83 bits per heavy atom. The molecule has 0 fully saturated rings. The quantitative estimate of drug-likeness (QED) is 0.210. The van der Waals surface area contributed by atoms with Gasteiger partial charge in [0.05, 0.1) is 0 Å². The molecule has 1 aromatic rings. The molecule has 0 aromatic heterocycles. The van der Waals surface area contributed by atoms with Gasteiger partial charge in [0.2, 0.25) is 3.79 Å². The molecule has 1 atom stereocenters. The van der Waals surface area contributed by atoms with Gasteiger partial charge in [-0.3, -0.25) is 0 Å². The Morgan fingerprint density at radius 2 is 1.43 bits per heavy atom. The first-order valence-electron chi connectivity index (χ1n) is 10.2. The summed E-state index contributed by atoms with van der Waals surface area (Å²) < 4.78 is 11.6. The lowest BCUT2D eigenvalue weighted by Crippen LogP contribution is -2.46. The molecule has 0 amide bonds. The largest absolute Gasteiger partial charge is 0.543 e. The SMILES string of the molecule is CC(C)(C)[Si](C)(C)Oc1c(CC=O)cccc1C(O[Si](C)(C)C(C)(C)C)C(Cl)(Cl)Cl. The van der Waals surface area contributed by atoms with Crippen molar-refractivity contribution in [1.82, 2.24) is 0 Å². The fraction of sp³-hybridized carbons (Fsp3) is 0.682. The number of halogens is 3. The number of para-hydroxylation sites is 1. The van der Waals surface area contributed by atoms with Crippen LogP contribution in [0.2, 0.25) is 36.3 Å². The van der Waals surface area contributed by atoms with E-state index in [4.69, 9.17) is 43.7 Å². The van der Waals surface area contributed by atoms with Crippen molar-refractivity contribution in [3.63, 3.8) is 0 Å². The number of aldehydes is 1. The van der Waals surface area contributed by atoms with Gasteiger partial charge in [0.15, 0.2) is 8.32 Å². The smallest absolute Gasteiger partial charge is 0.250 e. The summed E-state index contributed by atoms with van der Waals surface area (Å²) in [7, 11) is -4.51. The van der Waals surface area contributed by atoms with Gasteiger partial charge in [-0.1, -0.05) is 94.5 Å². The minimum absolute atomic E-state index is 0.0334. The molecule has 172 valence electrons. The zero-order valence-corrected chi connectivity index (χ0v) is 24.2. The summed E-state index contributed by atoms with van der Waals surface area (Å²) in [5, 5.41) is -0.101. The lowest BCUT2D eigenvalue weighted by molar-refractivity contribution is -0.107. The molecular formula is C22H37Cl3O3Si2. The lowest BCUT2D eigenvalue weighted by atomic mass is 10.0. The molecule has 0 saturated heterocycles. The number of carbonyl (C=O) groups is 1. The van der Waals surface area contributed by atoms with Gasteiger partial charge in [-0.05, 0) is 36.3 Å². The standard InChI is InChI=1S/C22H37Cl3O3Si2/c1-20(2,3)29(7,8)27-18-16(14-15-26)12-11-13-17(18)19(22(23,24)25)28-30(9,10)21(4,5)6/h11-13,15,19H,14H2,1-10H3. The zero-order chi connectivity index (χ0) is 23.8. The van der Waals surface area contributed by atoms with Crippen LogP contribution in [0.4, 0.5) is 0 Å². The van der Waals surface area contributed by atoms with Crippen molar-refractivity contribution in [3.05, 3.63) is 29.3 Å². The molecule has 8 heteroatoms. The van der Waals surface area contributed by atoms with Crippen molar-refractivity contribution in [2.45, 2.75) is 94.1 Å². The molecule has 0 spiro atoms. The van der Waals surface area contributed by atoms with Crippen molar-refractivity contribution in [2.24, 2.45) is 0 Å². The average molecular weight is 512 g/mol. The number of benzene rings is 1. The van der Waals surface area contributed by atoms with Crippen molar-refractivity contribution < 1.29 is 13.6 Å². The highest BCUT2D eigenvalue weighted by Crippen LogP contribution is 2.51. The summed E-state index contributed by atoms with van der Waals surface area (Å²) in [6.07, 6.45) is 0.288. The van der Waals surface area contributed by atoms with E-state index in [1.54, 1.807) is 0 Å². The predicted octanol–water partition coefficient (Wildman–Crippen LogP) is 8.25. The topological polar surface area (TPSA) is 35.5 Å². The minimum Gasteiger partial charge on any atom is -0.543 e. The summed E-state index contributed by atoms with van der Waals surface area (Å²) >= 11 is 19.4. The molecule has 0 bridgehead atoms. The van der Waals surface area contributed by atoms with Crippen LogP contribution >= 0.6 is 34.8 Å². The third kappa shape index (κ3) is 6.72. The Morgan fingerprint density at radius 1 is 0.933 bits per heavy atom. The number of alkyl halides is 3. The maximum atomic E-state index is 11.4. The van der Waals surface area contributed by atoms with Crippen LogP contribution in [0.15, 0.2) is 18.2 Å². The van der Waals surface area contributed by atoms with Gasteiger partial charge < -0.3 is 13.6 Å². The van der Waals surface area contributed by atoms with E-state index in [1.165, 1.54) is 0 Å². The molecule has 0 N–H and O–H groups in total. The van der Waals surface area contributed by atoms with Gasteiger partial charge in [-0.2, -0.15) is 0 Å². The van der Waals surface area contributed by atoms with Gasteiger partial charge in [0, 0.05) is 17.5 Å². The molecule has 0 saturated carbocycles. The van der Waals surface area contributed by atoms with Crippen LogP contribution in [-0.4, -0.2) is 26.7 Å². The van der Waals surface area contributed by atoms with Crippen LogP contribution in [0.25, 0.3) is 0 Å². The molecular weight excluding hydrogens is 475 g/mol. The van der Waals surface area contributed by atoms with Crippen LogP contribution < -0.4 is 4.43 Å². The number of carbonyl (C=O) groups excluding carboxylic acids is 1. The second-order valence-corrected chi connectivity index (χ2v) is 22.7. The molecule has 1 aromatic carbocycles. The van der Waals surface area contributed by atoms with Gasteiger partial charge in [-0.25, -0.2) is 0 Å². The Bertz CT molecular complexity index is 745. The van der Waals surface area contributed by atoms with Crippen LogP contribution in [0, 0.1) is 0 Å². The van der Waals surface area contributed by atoms with Gasteiger partial charge in [0.25, 0.3) is 8.32 Å². The Hall–Kier alpha value is -0.0462. The molecule has 30 heavy (non-hydrogen) atoms. The fourth-order valence-corrected chi connectivity index (χ4v) is 5.39. The molecule has 0 aliphatic carbocycles. The highest BCUT2D eigenvalue weighted by atomic mass is 35.6. The van der Waals surface area contributed by atoms with Crippen LogP contribution in [-0.2, 0) is 15.6 Å². The first-order valence-corrected chi connectivity index (χ1v) is 17.2. The first kappa shape index (κ1) is 28.0. The van der Waals surface area contributed by atoms with Crippen LogP contribution in [0.5, 0.6) is 5.75 Å². The lowest BCUT2D eigenvalue weighted by Gasteiger charge is -2.43. The second-order valence-electron chi connectivity index (χ2n) is 10.9. The van der Waals surface area contributed by atoms with E-state index in [-0.39, 0.29) is 16.5 Å². The average Bonchev–Trinajstić information content (AvgIpc) is 2.51. The third-order valence-electron chi connectivity index (χ3n) is 6.39. The van der Waals surface area contributed by atoms with Crippen molar-refractivity contribution in [3.8, 4) is 5.75 Å². The Kier molecular flexibility index (Phi) is 8.81. The fourth-order valence-electron chi connectivity index (χ4n) is 2.37. The summed E-state index contributed by atoms with van der Waals surface area (Å²) in [6.45, 7) is 21.5. The van der Waals surface area contributed by atoms with E-state index in [0.717, 1.165) is 11.8 Å². The van der Waals surface area contributed by atoms with E-state index >= 15 is 0 Å². The zero-order valence-electron chi connectivity index (χ0n) is 20.0. The molecule has 1 unspecified atom stereocenters.